The van der Waals surface area contributed by atoms with E-state index in [1.54, 1.807) is 4.68 Å². The Kier molecular flexibility index (Phi) is 3.72. The number of nitrogens with zero attached hydrogens (tertiary/aromatic N) is 4. The highest BCUT2D eigenvalue weighted by molar-refractivity contribution is 5.94. The van der Waals surface area contributed by atoms with Crippen molar-refractivity contribution in [1.82, 2.24) is 20.1 Å². The predicted molar refractivity (Wildman–Crippen MR) is 88.0 cm³/mol. The molecule has 132 valence electrons. The lowest BCUT2D eigenvalue weighted by atomic mass is 10.0. The summed E-state index contributed by atoms with van der Waals surface area (Å²) in [4.78, 5) is 17.0. The summed E-state index contributed by atoms with van der Waals surface area (Å²) < 4.78 is 2.32. The van der Waals surface area contributed by atoms with Gasteiger partial charge in [0.2, 0.25) is 12.0 Å². The monoisotopic (exact) mass is 343 g/mol. The number of aliphatic hydroxyl groups excluding tert-OH is 1. The zero-order chi connectivity index (χ0) is 17.7. The number of aromatic nitrogens is 4. The standard InChI is InChI=1S/C17H21N5O3/c1-9(2)13(8-23)19-17(24)15-12-6-10-5-11(10)16(12)22(20-15)14-7-21(25)4-3-18-14/h3-4,7,9-11,13,23H,5-6,8H2,1-2H3,(H,19,24)/t10-,11-,13?/m0/s1. The second kappa shape index (κ2) is 5.80. The second-order valence-corrected chi connectivity index (χ2v) is 7.21. The van der Waals surface area contributed by atoms with Crippen LogP contribution in [0.1, 0.15) is 47.9 Å². The van der Waals surface area contributed by atoms with Crippen LogP contribution in [0, 0.1) is 17.0 Å². The maximum Gasteiger partial charge on any atom is 0.272 e. The molecule has 2 aromatic heterocycles. The molecule has 8 heteroatoms. The van der Waals surface area contributed by atoms with Crippen molar-refractivity contribution < 1.29 is 14.6 Å². The van der Waals surface area contributed by atoms with Gasteiger partial charge in [-0.3, -0.25) is 4.79 Å². The molecule has 0 spiro atoms. The Morgan fingerprint density at radius 2 is 2.36 bits per heavy atom. The molecule has 0 aromatic carbocycles. The molecule has 4 rings (SSSR count). The summed E-state index contributed by atoms with van der Waals surface area (Å²) in [6.45, 7) is 3.77. The number of carbonyl (C=O) groups is 1. The van der Waals surface area contributed by atoms with Gasteiger partial charge in [-0.15, -0.1) is 0 Å². The van der Waals surface area contributed by atoms with E-state index in [2.05, 4.69) is 15.4 Å². The van der Waals surface area contributed by atoms with E-state index < -0.39 is 0 Å². The van der Waals surface area contributed by atoms with E-state index in [1.807, 2.05) is 13.8 Å². The zero-order valence-corrected chi connectivity index (χ0v) is 14.2. The fraction of sp³-hybridized carbons (Fsp3) is 0.529. The molecule has 2 N–H and O–H groups in total. The molecule has 25 heavy (non-hydrogen) atoms. The lowest BCUT2D eigenvalue weighted by Crippen LogP contribution is -2.41. The average Bonchev–Trinajstić information content (AvgIpc) is 3.08. The predicted octanol–water partition coefficient (Wildman–Crippen LogP) is 0.307. The van der Waals surface area contributed by atoms with Crippen molar-refractivity contribution in [2.45, 2.75) is 38.6 Å². The first-order valence-corrected chi connectivity index (χ1v) is 8.58. The maximum absolute atomic E-state index is 12.7. The zero-order valence-electron chi connectivity index (χ0n) is 14.2. The smallest absolute Gasteiger partial charge is 0.272 e. The Hall–Kier alpha value is -2.48. The highest BCUT2D eigenvalue weighted by Gasteiger charge is 2.50. The first-order chi connectivity index (χ1) is 12.0. The summed E-state index contributed by atoms with van der Waals surface area (Å²) in [6, 6.07) is -0.317. The number of rotatable bonds is 5. The third kappa shape index (κ3) is 2.66. The van der Waals surface area contributed by atoms with E-state index in [-0.39, 0.29) is 24.5 Å². The van der Waals surface area contributed by atoms with Crippen LogP contribution in [0.25, 0.3) is 5.82 Å². The summed E-state index contributed by atoms with van der Waals surface area (Å²) >= 11 is 0. The minimum Gasteiger partial charge on any atom is -0.619 e. The van der Waals surface area contributed by atoms with Crippen LogP contribution in [-0.4, -0.2) is 38.4 Å². The van der Waals surface area contributed by atoms with Crippen LogP contribution in [0.15, 0.2) is 18.6 Å². The summed E-state index contributed by atoms with van der Waals surface area (Å²) in [6.07, 6.45) is 6.02. The van der Waals surface area contributed by atoms with Gasteiger partial charge >= 0.3 is 0 Å². The molecule has 1 amide bonds. The van der Waals surface area contributed by atoms with Crippen molar-refractivity contribution in [3.63, 3.8) is 0 Å². The molecule has 2 aliphatic rings. The van der Waals surface area contributed by atoms with Crippen molar-refractivity contribution in [3.05, 3.63) is 40.7 Å². The molecule has 0 bridgehead atoms. The molecule has 8 nitrogen and oxygen atoms in total. The number of hydrogen-bond acceptors (Lipinski definition) is 5. The van der Waals surface area contributed by atoms with Gasteiger partial charge in [-0.2, -0.15) is 9.83 Å². The number of nitrogens with one attached hydrogen (secondary N) is 1. The highest BCUT2D eigenvalue weighted by atomic mass is 16.5. The number of amides is 1. The van der Waals surface area contributed by atoms with Crippen molar-refractivity contribution in [3.8, 4) is 5.82 Å². The van der Waals surface area contributed by atoms with E-state index in [0.717, 1.165) is 24.1 Å². The van der Waals surface area contributed by atoms with Gasteiger partial charge in [0.1, 0.15) is 0 Å². The number of fused-ring (bicyclic) bond motifs is 3. The van der Waals surface area contributed by atoms with E-state index >= 15 is 0 Å². The highest BCUT2D eigenvalue weighted by Crippen LogP contribution is 2.57. The van der Waals surface area contributed by atoms with Crippen LogP contribution in [0.4, 0.5) is 0 Å². The third-order valence-corrected chi connectivity index (χ3v) is 5.18. The first-order valence-electron chi connectivity index (χ1n) is 8.58. The van der Waals surface area contributed by atoms with Gasteiger partial charge in [0, 0.05) is 11.5 Å². The first kappa shape index (κ1) is 16.0. The molecule has 0 aliphatic heterocycles. The number of carbonyl (C=O) groups excluding carboxylic acids is 1. The van der Waals surface area contributed by atoms with E-state index in [9.17, 15) is 15.1 Å². The summed E-state index contributed by atoms with van der Waals surface area (Å²) in [5.74, 6) is 1.21. The SMILES string of the molecule is CC(C)C(CO)NC(=O)c1nn(-c2c[n+]([O-])ccn2)c2c1C[C@@H]1C[C@H]21. The average molecular weight is 343 g/mol. The van der Waals surface area contributed by atoms with Crippen LogP contribution in [0.2, 0.25) is 0 Å². The lowest BCUT2D eigenvalue weighted by molar-refractivity contribution is -0.605. The van der Waals surface area contributed by atoms with Crippen molar-refractivity contribution in [2.75, 3.05) is 6.61 Å². The summed E-state index contributed by atoms with van der Waals surface area (Å²) in [7, 11) is 0. The minimum absolute atomic E-state index is 0.117. The van der Waals surface area contributed by atoms with Gasteiger partial charge in [-0.1, -0.05) is 13.8 Å². The van der Waals surface area contributed by atoms with Crippen LogP contribution in [0.3, 0.4) is 0 Å². The lowest BCUT2D eigenvalue weighted by Gasteiger charge is -2.19. The Labute approximate surface area is 145 Å². The fourth-order valence-electron chi connectivity index (χ4n) is 3.61. The van der Waals surface area contributed by atoms with Crippen LogP contribution in [-0.2, 0) is 6.42 Å². The molecule has 2 heterocycles. The van der Waals surface area contributed by atoms with Gasteiger partial charge < -0.3 is 15.6 Å². The van der Waals surface area contributed by atoms with Gasteiger partial charge in [-0.25, -0.2) is 9.67 Å². The number of hydrogen-bond donors (Lipinski definition) is 2. The van der Waals surface area contributed by atoms with Crippen LogP contribution < -0.4 is 10.0 Å². The Bertz CT molecular complexity index is 832. The Morgan fingerprint density at radius 3 is 3.04 bits per heavy atom. The van der Waals surface area contributed by atoms with E-state index in [1.165, 1.54) is 18.6 Å². The normalized spacial score (nSPS) is 21.8. The Balaban J connectivity index is 1.72. The van der Waals surface area contributed by atoms with Gasteiger partial charge in [0.15, 0.2) is 11.9 Å². The minimum atomic E-state index is -0.317. The van der Waals surface area contributed by atoms with Crippen molar-refractivity contribution >= 4 is 5.91 Å². The van der Waals surface area contributed by atoms with Crippen LogP contribution in [0.5, 0.6) is 0 Å². The molecule has 1 unspecified atom stereocenters. The molecular weight excluding hydrogens is 322 g/mol. The summed E-state index contributed by atoms with van der Waals surface area (Å²) in [5, 5.41) is 28.4. The van der Waals surface area contributed by atoms with Crippen molar-refractivity contribution in [2.24, 2.45) is 11.8 Å². The maximum atomic E-state index is 12.7. The largest absolute Gasteiger partial charge is 0.619 e. The van der Waals surface area contributed by atoms with Gasteiger partial charge in [-0.05, 0) is 24.7 Å². The molecule has 3 atom stereocenters. The van der Waals surface area contributed by atoms with E-state index in [4.69, 9.17) is 0 Å². The molecule has 1 saturated carbocycles. The van der Waals surface area contributed by atoms with Gasteiger partial charge in [0.05, 0.1) is 24.5 Å². The summed E-state index contributed by atoms with van der Waals surface area (Å²) in [5.41, 5.74) is 2.32. The Morgan fingerprint density at radius 1 is 1.56 bits per heavy atom. The molecule has 1 fully saturated rings. The van der Waals surface area contributed by atoms with Crippen molar-refractivity contribution in [1.29, 1.82) is 0 Å². The molecular formula is C17H21N5O3. The van der Waals surface area contributed by atoms with E-state index in [0.29, 0.717) is 28.1 Å². The molecule has 0 radical (unpaired) electrons. The quantitative estimate of drug-likeness (QED) is 0.600. The third-order valence-electron chi connectivity index (χ3n) is 5.18. The number of aliphatic hydroxyl groups is 1. The molecule has 2 aliphatic carbocycles. The molecule has 2 aromatic rings. The topological polar surface area (TPSA) is 107 Å². The molecule has 0 saturated heterocycles. The second-order valence-electron chi connectivity index (χ2n) is 7.21. The van der Waals surface area contributed by atoms with Gasteiger partial charge in [0.25, 0.3) is 5.91 Å². The van der Waals surface area contributed by atoms with Crippen LogP contribution >= 0.6 is 0 Å². The fourth-order valence-corrected chi connectivity index (χ4v) is 3.61.